The van der Waals surface area contributed by atoms with Gasteiger partial charge in [0.15, 0.2) is 0 Å². The number of hydrogen-bond acceptors (Lipinski definition) is 5. The third-order valence-corrected chi connectivity index (χ3v) is 6.85. The summed E-state index contributed by atoms with van der Waals surface area (Å²) in [6.45, 7) is 3.08. The molecule has 0 radical (unpaired) electrons. The molecule has 2 amide bonds. The molecule has 4 aromatic rings. The van der Waals surface area contributed by atoms with Crippen molar-refractivity contribution < 1.29 is 23.1 Å². The molecule has 38 heavy (non-hydrogen) atoms. The van der Waals surface area contributed by atoms with Gasteiger partial charge >= 0.3 is 0 Å². The molecule has 0 spiro atoms. The number of hydrogen-bond donors (Lipinski definition) is 2. The van der Waals surface area contributed by atoms with Crippen molar-refractivity contribution >= 4 is 39.8 Å². The van der Waals surface area contributed by atoms with E-state index in [4.69, 9.17) is 4.74 Å². The summed E-state index contributed by atoms with van der Waals surface area (Å²) >= 11 is 0. The minimum Gasteiger partial charge on any atom is -0.378 e. The van der Waals surface area contributed by atoms with Gasteiger partial charge in [0.1, 0.15) is 5.92 Å². The second kappa shape index (κ2) is 9.53. The van der Waals surface area contributed by atoms with E-state index in [1.807, 2.05) is 42.5 Å². The first kappa shape index (κ1) is 24.1. The van der Waals surface area contributed by atoms with Crippen LogP contribution in [0.5, 0.6) is 0 Å². The fraction of sp³-hybridized carbons (Fsp3) is 0.250. The quantitative estimate of drug-likeness (QED) is 0.387. The zero-order valence-electron chi connectivity index (χ0n) is 20.4. The predicted octanol–water partition coefficient (Wildman–Crippen LogP) is 4.71. The van der Waals surface area contributed by atoms with Gasteiger partial charge in [-0.1, -0.05) is 0 Å². The number of amides is 2. The zero-order valence-corrected chi connectivity index (χ0v) is 20.4. The van der Waals surface area contributed by atoms with Crippen LogP contribution in [0.1, 0.15) is 16.8 Å². The molecule has 1 saturated carbocycles. The van der Waals surface area contributed by atoms with Crippen LogP contribution < -0.4 is 15.5 Å². The Bertz CT molecular complexity index is 1500. The first-order valence-electron chi connectivity index (χ1n) is 12.4. The highest BCUT2D eigenvalue weighted by molar-refractivity contribution is 6.05. The molecule has 1 aromatic heterocycles. The molecule has 1 unspecified atom stereocenters. The first-order valence-corrected chi connectivity index (χ1v) is 12.4. The molecule has 2 fully saturated rings. The summed E-state index contributed by atoms with van der Waals surface area (Å²) in [5.41, 5.74) is 4.29. The largest absolute Gasteiger partial charge is 0.378 e. The van der Waals surface area contributed by atoms with E-state index in [2.05, 4.69) is 20.6 Å². The molecular formula is C28H25F2N5O3. The smallest absolute Gasteiger partial charge is 0.260 e. The van der Waals surface area contributed by atoms with Crippen molar-refractivity contribution in [1.82, 2.24) is 9.78 Å². The first-order chi connectivity index (χ1) is 18.4. The number of nitrogens with zero attached hydrogens (tertiary/aromatic N) is 3. The SMILES string of the molecule is O=C(Nc1ccc2c(cnn2-c2ccc(NC(=O)C3CC3(F)F)cc2)c1)c1ccc(N2CCOCC2)cc1. The lowest BCUT2D eigenvalue weighted by atomic mass is 10.1. The van der Waals surface area contributed by atoms with Crippen molar-refractivity contribution in [2.45, 2.75) is 12.3 Å². The lowest BCUT2D eigenvalue weighted by molar-refractivity contribution is -0.119. The highest BCUT2D eigenvalue weighted by atomic mass is 19.3. The van der Waals surface area contributed by atoms with Crippen molar-refractivity contribution in [2.24, 2.45) is 5.92 Å². The van der Waals surface area contributed by atoms with E-state index in [1.165, 1.54) is 0 Å². The Labute approximate surface area is 217 Å². The van der Waals surface area contributed by atoms with Crippen LogP contribution in [0.4, 0.5) is 25.8 Å². The summed E-state index contributed by atoms with van der Waals surface area (Å²) in [5.74, 6) is -5.02. The number of halogens is 2. The van der Waals surface area contributed by atoms with Gasteiger partial charge in [-0.2, -0.15) is 5.10 Å². The molecule has 2 N–H and O–H groups in total. The van der Waals surface area contributed by atoms with Gasteiger partial charge in [-0.25, -0.2) is 13.5 Å². The molecular weight excluding hydrogens is 492 g/mol. The van der Waals surface area contributed by atoms with Crippen LogP contribution in [-0.2, 0) is 9.53 Å². The maximum absolute atomic E-state index is 13.1. The predicted molar refractivity (Wildman–Crippen MR) is 140 cm³/mol. The van der Waals surface area contributed by atoms with E-state index in [1.54, 1.807) is 35.1 Å². The summed E-state index contributed by atoms with van der Waals surface area (Å²) in [5, 5.41) is 10.8. The van der Waals surface area contributed by atoms with Crippen LogP contribution in [-0.4, -0.2) is 53.8 Å². The van der Waals surface area contributed by atoms with Gasteiger partial charge in [0.05, 0.1) is 30.6 Å². The highest BCUT2D eigenvalue weighted by Crippen LogP contribution is 2.49. The second-order valence-electron chi connectivity index (χ2n) is 9.48. The van der Waals surface area contributed by atoms with Crippen molar-refractivity contribution in [3.63, 3.8) is 0 Å². The molecule has 6 rings (SSSR count). The number of aromatic nitrogens is 2. The molecule has 3 aromatic carbocycles. The molecule has 194 valence electrons. The van der Waals surface area contributed by atoms with Gasteiger partial charge in [-0.15, -0.1) is 0 Å². The van der Waals surface area contributed by atoms with Crippen LogP contribution in [0.25, 0.3) is 16.6 Å². The monoisotopic (exact) mass is 517 g/mol. The minimum absolute atomic E-state index is 0.202. The number of alkyl halides is 2. The standard InChI is InChI=1S/C28H25F2N5O3/c29-28(30)16-24(28)27(37)32-20-3-8-23(9-4-20)35-25-10-5-21(15-19(25)17-31-35)33-26(36)18-1-6-22(7-2-18)34-11-13-38-14-12-34/h1-10,15,17,24H,11-14,16H2,(H,32,37)(H,33,36). The number of ether oxygens (including phenoxy) is 1. The van der Waals surface area contributed by atoms with Crippen LogP contribution in [0.15, 0.2) is 72.9 Å². The van der Waals surface area contributed by atoms with Gasteiger partial charge in [0.2, 0.25) is 5.91 Å². The summed E-state index contributed by atoms with van der Waals surface area (Å²) in [6.07, 6.45) is 1.30. The Morgan fingerprint density at radius 3 is 2.24 bits per heavy atom. The third kappa shape index (κ3) is 4.82. The summed E-state index contributed by atoms with van der Waals surface area (Å²) in [7, 11) is 0. The van der Waals surface area contributed by atoms with E-state index in [-0.39, 0.29) is 5.91 Å². The fourth-order valence-corrected chi connectivity index (χ4v) is 4.58. The van der Waals surface area contributed by atoms with Gasteiger partial charge in [-0.3, -0.25) is 9.59 Å². The zero-order chi connectivity index (χ0) is 26.3. The van der Waals surface area contributed by atoms with Crippen molar-refractivity contribution in [3.8, 4) is 5.69 Å². The summed E-state index contributed by atoms with van der Waals surface area (Å²) < 4.78 is 33.3. The number of anilines is 3. The topological polar surface area (TPSA) is 88.5 Å². The van der Waals surface area contributed by atoms with Gasteiger partial charge in [-0.05, 0) is 66.7 Å². The van der Waals surface area contributed by atoms with E-state index in [9.17, 15) is 18.4 Å². The fourth-order valence-electron chi connectivity index (χ4n) is 4.58. The number of carbonyl (C=O) groups is 2. The Morgan fingerprint density at radius 1 is 0.895 bits per heavy atom. The molecule has 1 aliphatic heterocycles. The minimum atomic E-state index is -2.90. The molecule has 10 heteroatoms. The average Bonchev–Trinajstić information content (AvgIpc) is 3.39. The molecule has 1 aliphatic carbocycles. The molecule has 1 atom stereocenters. The van der Waals surface area contributed by atoms with E-state index in [0.717, 1.165) is 35.4 Å². The molecule has 1 saturated heterocycles. The van der Waals surface area contributed by atoms with Crippen LogP contribution in [0.2, 0.25) is 0 Å². The lowest BCUT2D eigenvalue weighted by Crippen LogP contribution is -2.36. The maximum Gasteiger partial charge on any atom is 0.260 e. The Hall–Kier alpha value is -4.31. The van der Waals surface area contributed by atoms with Crippen LogP contribution in [0.3, 0.4) is 0 Å². The van der Waals surface area contributed by atoms with Crippen LogP contribution in [0, 0.1) is 5.92 Å². The Kier molecular flexibility index (Phi) is 6.03. The van der Waals surface area contributed by atoms with Crippen molar-refractivity contribution in [2.75, 3.05) is 41.8 Å². The Morgan fingerprint density at radius 2 is 1.55 bits per heavy atom. The van der Waals surface area contributed by atoms with E-state index >= 15 is 0 Å². The normalized spacial score (nSPS) is 18.3. The maximum atomic E-state index is 13.1. The molecule has 8 nitrogen and oxygen atoms in total. The average molecular weight is 518 g/mol. The van der Waals surface area contributed by atoms with Gasteiger partial charge in [0.25, 0.3) is 11.8 Å². The highest BCUT2D eigenvalue weighted by Gasteiger charge is 2.61. The van der Waals surface area contributed by atoms with E-state index in [0.29, 0.717) is 30.2 Å². The molecule has 2 heterocycles. The Balaban J connectivity index is 1.12. The lowest BCUT2D eigenvalue weighted by Gasteiger charge is -2.28. The van der Waals surface area contributed by atoms with Gasteiger partial charge in [0, 0.05) is 47.5 Å². The molecule has 2 aliphatic rings. The van der Waals surface area contributed by atoms with Crippen LogP contribution >= 0.6 is 0 Å². The van der Waals surface area contributed by atoms with Gasteiger partial charge < -0.3 is 20.3 Å². The third-order valence-electron chi connectivity index (χ3n) is 6.85. The number of nitrogens with one attached hydrogen (secondary N) is 2. The molecule has 0 bridgehead atoms. The number of carbonyl (C=O) groups excluding carboxylic acids is 2. The summed E-state index contributed by atoms with van der Waals surface area (Å²) in [4.78, 5) is 27.0. The summed E-state index contributed by atoms with van der Waals surface area (Å²) in [6, 6.07) is 19.9. The number of benzene rings is 3. The second-order valence-corrected chi connectivity index (χ2v) is 9.48. The number of rotatable bonds is 6. The van der Waals surface area contributed by atoms with Crippen molar-refractivity contribution in [1.29, 1.82) is 0 Å². The number of fused-ring (bicyclic) bond motifs is 1. The van der Waals surface area contributed by atoms with Crippen molar-refractivity contribution in [3.05, 3.63) is 78.5 Å². The number of morpholine rings is 1. The van der Waals surface area contributed by atoms with E-state index < -0.39 is 24.2 Å².